The molecule has 0 fully saturated rings. The van der Waals surface area contributed by atoms with Gasteiger partial charge in [0, 0.05) is 0 Å². The maximum absolute atomic E-state index is 13.4. The summed E-state index contributed by atoms with van der Waals surface area (Å²) in [7, 11) is 0. The molecule has 2 rings (SSSR count). The fourth-order valence-electron chi connectivity index (χ4n) is 1.58. The van der Waals surface area contributed by atoms with Gasteiger partial charge in [-0.1, -0.05) is 17.7 Å². The van der Waals surface area contributed by atoms with Crippen LogP contribution in [0.4, 0.5) is 8.78 Å². The van der Waals surface area contributed by atoms with Gasteiger partial charge in [0.15, 0.2) is 0 Å². The molecule has 0 aliphatic heterocycles. The summed E-state index contributed by atoms with van der Waals surface area (Å²) in [6, 6.07) is 7.31. The van der Waals surface area contributed by atoms with Crippen molar-refractivity contribution < 1.29 is 23.4 Å². The second-order valence-corrected chi connectivity index (χ2v) is 4.39. The van der Waals surface area contributed by atoms with E-state index in [1.165, 1.54) is 18.2 Å². The Labute approximate surface area is 118 Å². The number of carbonyl (C=O) groups is 1. The average Bonchev–Trinajstić information content (AvgIpc) is 2.37. The summed E-state index contributed by atoms with van der Waals surface area (Å²) in [4.78, 5) is 10.7. The lowest BCUT2D eigenvalue weighted by atomic mass is 10.1. The van der Waals surface area contributed by atoms with Crippen molar-refractivity contribution in [2.75, 3.05) is 0 Å². The number of ether oxygens (including phenoxy) is 1. The first-order chi connectivity index (χ1) is 9.47. The molecule has 20 heavy (non-hydrogen) atoms. The van der Waals surface area contributed by atoms with Crippen LogP contribution in [0.15, 0.2) is 36.4 Å². The van der Waals surface area contributed by atoms with E-state index in [9.17, 15) is 13.6 Å². The Balaban J connectivity index is 2.11. The first-order valence-corrected chi connectivity index (χ1v) is 5.95. The molecular formula is C14H9ClF2O3. The highest BCUT2D eigenvalue weighted by atomic mass is 35.5. The number of hydrogen-bond acceptors (Lipinski definition) is 2. The minimum atomic E-state index is -1.34. The van der Waals surface area contributed by atoms with Crippen LogP contribution in [0.25, 0.3) is 0 Å². The Morgan fingerprint density at radius 2 is 1.95 bits per heavy atom. The van der Waals surface area contributed by atoms with E-state index in [0.29, 0.717) is 5.56 Å². The van der Waals surface area contributed by atoms with Gasteiger partial charge in [-0.3, -0.25) is 0 Å². The first kappa shape index (κ1) is 14.3. The van der Waals surface area contributed by atoms with Gasteiger partial charge in [0.25, 0.3) is 0 Å². The van der Waals surface area contributed by atoms with Crippen LogP contribution >= 0.6 is 11.6 Å². The molecule has 0 atom stereocenters. The molecule has 0 radical (unpaired) electrons. The summed E-state index contributed by atoms with van der Waals surface area (Å²) >= 11 is 5.78. The highest BCUT2D eigenvalue weighted by molar-refractivity contribution is 6.32. The van der Waals surface area contributed by atoms with Crippen molar-refractivity contribution in [3.63, 3.8) is 0 Å². The maximum atomic E-state index is 13.4. The highest BCUT2D eigenvalue weighted by Crippen LogP contribution is 2.25. The molecule has 0 spiro atoms. The number of carboxylic acid groups (broad SMARTS) is 1. The predicted octanol–water partition coefficient (Wildman–Crippen LogP) is 3.90. The van der Waals surface area contributed by atoms with Gasteiger partial charge in [0.05, 0.1) is 10.6 Å². The molecule has 104 valence electrons. The third-order valence-corrected chi connectivity index (χ3v) is 2.85. The lowest BCUT2D eigenvalue weighted by Crippen LogP contribution is -2.03. The zero-order chi connectivity index (χ0) is 14.7. The average molecular weight is 299 g/mol. The summed E-state index contributed by atoms with van der Waals surface area (Å²) in [6.07, 6.45) is 0. The maximum Gasteiger partial charge on any atom is 0.338 e. The van der Waals surface area contributed by atoms with Gasteiger partial charge in [-0.05, 0) is 35.9 Å². The summed E-state index contributed by atoms with van der Waals surface area (Å²) in [5.41, 5.74) is 0.0291. The van der Waals surface area contributed by atoms with Crippen LogP contribution < -0.4 is 4.74 Å². The number of halogens is 3. The minimum absolute atomic E-state index is 0.0117. The van der Waals surface area contributed by atoms with Crippen LogP contribution in [0.1, 0.15) is 15.9 Å². The molecular weight excluding hydrogens is 290 g/mol. The zero-order valence-electron chi connectivity index (χ0n) is 10.1. The topological polar surface area (TPSA) is 46.5 Å². The van der Waals surface area contributed by atoms with Crippen molar-refractivity contribution >= 4 is 17.6 Å². The second kappa shape index (κ2) is 5.88. The second-order valence-electron chi connectivity index (χ2n) is 3.98. The van der Waals surface area contributed by atoms with Gasteiger partial charge < -0.3 is 9.84 Å². The monoisotopic (exact) mass is 298 g/mol. The van der Waals surface area contributed by atoms with Crippen molar-refractivity contribution in [2.45, 2.75) is 6.61 Å². The zero-order valence-corrected chi connectivity index (χ0v) is 10.8. The molecule has 0 aliphatic carbocycles. The van der Waals surface area contributed by atoms with E-state index in [4.69, 9.17) is 21.4 Å². The normalized spacial score (nSPS) is 10.3. The van der Waals surface area contributed by atoms with Crippen LogP contribution in [0.3, 0.4) is 0 Å². The molecule has 2 aromatic carbocycles. The minimum Gasteiger partial charge on any atom is -0.487 e. The van der Waals surface area contributed by atoms with E-state index >= 15 is 0 Å². The van der Waals surface area contributed by atoms with Crippen molar-refractivity contribution in [3.8, 4) is 5.75 Å². The summed E-state index contributed by atoms with van der Waals surface area (Å²) < 4.78 is 31.6. The molecule has 0 heterocycles. The molecule has 0 unspecified atom stereocenters. The Kier molecular flexibility index (Phi) is 4.20. The van der Waals surface area contributed by atoms with Gasteiger partial charge >= 0.3 is 5.97 Å². The van der Waals surface area contributed by atoms with Crippen LogP contribution in [0.2, 0.25) is 5.02 Å². The van der Waals surface area contributed by atoms with Crippen molar-refractivity contribution in [1.29, 1.82) is 0 Å². The quantitative estimate of drug-likeness (QED) is 0.931. The van der Waals surface area contributed by atoms with Gasteiger partial charge in [0.1, 0.15) is 24.0 Å². The van der Waals surface area contributed by atoms with Gasteiger partial charge in [0.2, 0.25) is 0 Å². The fraction of sp³-hybridized carbons (Fsp3) is 0.0714. The van der Waals surface area contributed by atoms with Crippen molar-refractivity contribution in [1.82, 2.24) is 0 Å². The molecule has 0 amide bonds. The van der Waals surface area contributed by atoms with Crippen molar-refractivity contribution in [2.24, 2.45) is 0 Å². The lowest BCUT2D eigenvalue weighted by Gasteiger charge is -2.08. The largest absolute Gasteiger partial charge is 0.487 e. The highest BCUT2D eigenvalue weighted by Gasteiger charge is 2.11. The molecule has 0 saturated heterocycles. The molecule has 0 aliphatic rings. The van der Waals surface area contributed by atoms with E-state index in [0.717, 1.165) is 18.2 Å². The number of benzene rings is 2. The lowest BCUT2D eigenvalue weighted by molar-refractivity contribution is 0.0692. The molecule has 0 saturated carbocycles. The summed E-state index contributed by atoms with van der Waals surface area (Å²) in [5.74, 6) is -2.41. The fourth-order valence-corrected chi connectivity index (χ4v) is 1.80. The van der Waals surface area contributed by atoms with E-state index in [1.54, 1.807) is 0 Å². The van der Waals surface area contributed by atoms with E-state index in [2.05, 4.69) is 0 Å². The Morgan fingerprint density at radius 3 is 2.55 bits per heavy atom. The van der Waals surface area contributed by atoms with E-state index in [1.807, 2.05) is 0 Å². The third kappa shape index (κ3) is 3.24. The Morgan fingerprint density at radius 1 is 1.20 bits per heavy atom. The number of carboxylic acids is 1. The van der Waals surface area contributed by atoms with Gasteiger partial charge in [-0.2, -0.15) is 0 Å². The summed E-state index contributed by atoms with van der Waals surface area (Å²) in [5, 5.41) is 8.81. The van der Waals surface area contributed by atoms with Gasteiger partial charge in [-0.15, -0.1) is 0 Å². The SMILES string of the molecule is O=C(O)c1ccc(COc2ccc(F)cc2Cl)cc1F. The van der Waals surface area contributed by atoms with E-state index in [-0.39, 0.29) is 17.4 Å². The Hall–Kier alpha value is -2.14. The van der Waals surface area contributed by atoms with E-state index < -0.39 is 23.2 Å². The first-order valence-electron chi connectivity index (χ1n) is 5.57. The molecule has 3 nitrogen and oxygen atoms in total. The molecule has 0 bridgehead atoms. The number of rotatable bonds is 4. The van der Waals surface area contributed by atoms with Crippen LogP contribution in [0, 0.1) is 11.6 Å². The van der Waals surface area contributed by atoms with Crippen LogP contribution in [0.5, 0.6) is 5.75 Å². The molecule has 6 heteroatoms. The number of hydrogen-bond donors (Lipinski definition) is 1. The van der Waals surface area contributed by atoms with Crippen LogP contribution in [-0.2, 0) is 6.61 Å². The standard InChI is InChI=1S/C14H9ClF2O3/c15-11-6-9(16)2-4-13(11)20-7-8-1-3-10(14(18)19)12(17)5-8/h1-6H,7H2,(H,18,19). The van der Waals surface area contributed by atoms with Crippen molar-refractivity contribution in [3.05, 3.63) is 64.2 Å². The molecule has 1 N–H and O–H groups in total. The van der Waals surface area contributed by atoms with Gasteiger partial charge in [-0.25, -0.2) is 13.6 Å². The Bertz CT molecular complexity index is 659. The van der Waals surface area contributed by atoms with Crippen LogP contribution in [-0.4, -0.2) is 11.1 Å². The number of aromatic carboxylic acids is 1. The third-order valence-electron chi connectivity index (χ3n) is 2.55. The summed E-state index contributed by atoms with van der Waals surface area (Å²) in [6.45, 7) is -0.0117. The predicted molar refractivity (Wildman–Crippen MR) is 69.1 cm³/mol. The molecule has 0 aromatic heterocycles. The molecule has 2 aromatic rings. The smallest absolute Gasteiger partial charge is 0.338 e.